The molecule has 0 aromatic carbocycles. The molecule has 0 aliphatic heterocycles. The SMILES string of the molecule is CN(C)CCC(=O)NCCC(N)C(=O)O. The molecule has 0 aromatic heterocycles. The van der Waals surface area contributed by atoms with Crippen LogP contribution in [0.5, 0.6) is 0 Å². The first kappa shape index (κ1) is 13.9. The van der Waals surface area contributed by atoms with Crippen molar-refractivity contribution < 1.29 is 14.7 Å². The van der Waals surface area contributed by atoms with Crippen molar-refractivity contribution in [1.82, 2.24) is 10.2 Å². The Hall–Kier alpha value is -1.14. The summed E-state index contributed by atoms with van der Waals surface area (Å²) in [5.41, 5.74) is 5.27. The Kier molecular flexibility index (Phi) is 6.64. The van der Waals surface area contributed by atoms with Gasteiger partial charge in [0.25, 0.3) is 0 Å². The Morgan fingerprint density at radius 1 is 1.47 bits per heavy atom. The molecule has 0 aliphatic rings. The van der Waals surface area contributed by atoms with Crippen molar-refractivity contribution in [3.8, 4) is 0 Å². The van der Waals surface area contributed by atoms with Crippen LogP contribution in [-0.4, -0.2) is 55.1 Å². The molecule has 0 saturated carbocycles. The number of carboxylic acids is 1. The zero-order valence-electron chi connectivity index (χ0n) is 9.19. The van der Waals surface area contributed by atoms with Crippen LogP contribution in [-0.2, 0) is 9.59 Å². The molecule has 0 heterocycles. The van der Waals surface area contributed by atoms with Gasteiger partial charge in [0.1, 0.15) is 6.04 Å². The lowest BCUT2D eigenvalue weighted by Gasteiger charge is -2.10. The van der Waals surface area contributed by atoms with Crippen LogP contribution in [0.2, 0.25) is 0 Å². The molecule has 1 atom stereocenters. The predicted octanol–water partition coefficient (Wildman–Crippen LogP) is -1.14. The van der Waals surface area contributed by atoms with Crippen LogP contribution < -0.4 is 11.1 Å². The fraction of sp³-hybridized carbons (Fsp3) is 0.778. The highest BCUT2D eigenvalue weighted by atomic mass is 16.4. The molecule has 0 aromatic rings. The first-order valence-electron chi connectivity index (χ1n) is 4.83. The van der Waals surface area contributed by atoms with Gasteiger partial charge in [-0.25, -0.2) is 0 Å². The topological polar surface area (TPSA) is 95.7 Å². The summed E-state index contributed by atoms with van der Waals surface area (Å²) in [6.45, 7) is 0.983. The van der Waals surface area contributed by atoms with E-state index in [0.717, 1.165) is 0 Å². The molecular formula is C9H19N3O3. The van der Waals surface area contributed by atoms with E-state index in [0.29, 0.717) is 19.5 Å². The molecule has 4 N–H and O–H groups in total. The van der Waals surface area contributed by atoms with E-state index in [1.807, 2.05) is 19.0 Å². The highest BCUT2D eigenvalue weighted by Gasteiger charge is 2.11. The third-order valence-corrected chi connectivity index (χ3v) is 1.88. The summed E-state index contributed by atoms with van der Waals surface area (Å²) in [6.07, 6.45) is 0.665. The van der Waals surface area contributed by atoms with E-state index in [2.05, 4.69) is 5.32 Å². The van der Waals surface area contributed by atoms with E-state index in [1.165, 1.54) is 0 Å². The number of amides is 1. The van der Waals surface area contributed by atoms with Crippen LogP contribution in [0.4, 0.5) is 0 Å². The molecule has 6 heteroatoms. The molecule has 15 heavy (non-hydrogen) atoms. The van der Waals surface area contributed by atoms with E-state index >= 15 is 0 Å². The van der Waals surface area contributed by atoms with Crippen molar-refractivity contribution >= 4 is 11.9 Å². The molecule has 0 bridgehead atoms. The number of carboxylic acid groups (broad SMARTS) is 1. The second-order valence-corrected chi connectivity index (χ2v) is 3.64. The number of hydrogen-bond donors (Lipinski definition) is 3. The molecule has 0 aliphatic carbocycles. The zero-order chi connectivity index (χ0) is 11.8. The van der Waals surface area contributed by atoms with E-state index < -0.39 is 12.0 Å². The molecule has 0 spiro atoms. The van der Waals surface area contributed by atoms with Crippen molar-refractivity contribution in [2.24, 2.45) is 5.73 Å². The lowest BCUT2D eigenvalue weighted by Crippen LogP contribution is -2.36. The maximum Gasteiger partial charge on any atom is 0.320 e. The van der Waals surface area contributed by atoms with Gasteiger partial charge in [0.15, 0.2) is 0 Å². The van der Waals surface area contributed by atoms with E-state index in [4.69, 9.17) is 10.8 Å². The summed E-state index contributed by atoms with van der Waals surface area (Å²) in [5.74, 6) is -1.13. The van der Waals surface area contributed by atoms with Crippen molar-refractivity contribution in [2.75, 3.05) is 27.2 Å². The fourth-order valence-corrected chi connectivity index (χ4v) is 0.904. The Morgan fingerprint density at radius 3 is 2.53 bits per heavy atom. The van der Waals surface area contributed by atoms with Crippen LogP contribution in [0.1, 0.15) is 12.8 Å². The molecule has 0 radical (unpaired) electrons. The summed E-state index contributed by atoms with van der Waals surface area (Å²) in [7, 11) is 3.77. The lowest BCUT2D eigenvalue weighted by molar-refractivity contribution is -0.138. The summed E-state index contributed by atoms with van der Waals surface area (Å²) in [6, 6.07) is -0.904. The smallest absolute Gasteiger partial charge is 0.320 e. The number of nitrogens with two attached hydrogens (primary N) is 1. The molecule has 0 saturated heterocycles. The molecule has 1 unspecified atom stereocenters. The molecule has 6 nitrogen and oxygen atoms in total. The number of nitrogens with zero attached hydrogens (tertiary/aromatic N) is 1. The largest absolute Gasteiger partial charge is 0.480 e. The van der Waals surface area contributed by atoms with Crippen LogP contribution in [0.15, 0.2) is 0 Å². The average molecular weight is 217 g/mol. The normalized spacial score (nSPS) is 12.5. The Bertz CT molecular complexity index is 219. The van der Waals surface area contributed by atoms with Gasteiger partial charge >= 0.3 is 5.97 Å². The Morgan fingerprint density at radius 2 is 2.07 bits per heavy atom. The number of carbonyl (C=O) groups excluding carboxylic acids is 1. The van der Waals surface area contributed by atoms with E-state index in [9.17, 15) is 9.59 Å². The van der Waals surface area contributed by atoms with Gasteiger partial charge < -0.3 is 21.1 Å². The monoisotopic (exact) mass is 217 g/mol. The van der Waals surface area contributed by atoms with Gasteiger partial charge in [-0.1, -0.05) is 0 Å². The second kappa shape index (κ2) is 7.19. The predicted molar refractivity (Wildman–Crippen MR) is 56.4 cm³/mol. The molecule has 0 rings (SSSR count). The second-order valence-electron chi connectivity index (χ2n) is 3.64. The quantitative estimate of drug-likeness (QED) is 0.501. The number of carbonyl (C=O) groups is 2. The van der Waals surface area contributed by atoms with Crippen LogP contribution in [0.3, 0.4) is 0 Å². The maximum absolute atomic E-state index is 11.2. The van der Waals surface area contributed by atoms with Gasteiger partial charge in [0, 0.05) is 19.5 Å². The average Bonchev–Trinajstić information content (AvgIpc) is 2.14. The third-order valence-electron chi connectivity index (χ3n) is 1.88. The summed E-state index contributed by atoms with van der Waals surface area (Å²) >= 11 is 0. The van der Waals surface area contributed by atoms with E-state index in [-0.39, 0.29) is 12.3 Å². The van der Waals surface area contributed by atoms with Gasteiger partial charge in [0.05, 0.1) is 0 Å². The first-order chi connectivity index (χ1) is 6.93. The first-order valence-corrected chi connectivity index (χ1v) is 4.83. The minimum Gasteiger partial charge on any atom is -0.480 e. The molecule has 1 amide bonds. The molecular weight excluding hydrogens is 198 g/mol. The van der Waals surface area contributed by atoms with Gasteiger partial charge in [-0.3, -0.25) is 9.59 Å². The number of hydrogen-bond acceptors (Lipinski definition) is 4. The molecule has 0 fully saturated rings. The summed E-state index contributed by atoms with van der Waals surface area (Å²) < 4.78 is 0. The standard InChI is InChI=1S/C9H19N3O3/c1-12(2)6-4-8(13)11-5-3-7(10)9(14)15/h7H,3-6,10H2,1-2H3,(H,11,13)(H,14,15). The zero-order valence-corrected chi connectivity index (χ0v) is 9.19. The minimum absolute atomic E-state index is 0.0821. The van der Waals surface area contributed by atoms with Crippen LogP contribution in [0, 0.1) is 0 Å². The van der Waals surface area contributed by atoms with Crippen molar-refractivity contribution in [2.45, 2.75) is 18.9 Å². The Balaban J connectivity index is 3.51. The third kappa shape index (κ3) is 7.90. The summed E-state index contributed by atoms with van der Waals surface area (Å²) in [5, 5.41) is 11.1. The van der Waals surface area contributed by atoms with Gasteiger partial charge in [0.2, 0.25) is 5.91 Å². The number of nitrogens with one attached hydrogen (secondary N) is 1. The Labute approximate surface area is 89.4 Å². The van der Waals surface area contributed by atoms with Crippen LogP contribution >= 0.6 is 0 Å². The molecule has 88 valence electrons. The fourth-order valence-electron chi connectivity index (χ4n) is 0.904. The maximum atomic E-state index is 11.2. The van der Waals surface area contributed by atoms with E-state index in [1.54, 1.807) is 0 Å². The highest BCUT2D eigenvalue weighted by molar-refractivity contribution is 5.76. The van der Waals surface area contributed by atoms with Crippen LogP contribution in [0.25, 0.3) is 0 Å². The van der Waals surface area contributed by atoms with Gasteiger partial charge in [-0.15, -0.1) is 0 Å². The van der Waals surface area contributed by atoms with Gasteiger partial charge in [-0.2, -0.15) is 0 Å². The van der Waals surface area contributed by atoms with Crippen molar-refractivity contribution in [1.29, 1.82) is 0 Å². The highest BCUT2D eigenvalue weighted by Crippen LogP contribution is 1.88. The summed E-state index contributed by atoms with van der Waals surface area (Å²) in [4.78, 5) is 23.4. The van der Waals surface area contributed by atoms with Gasteiger partial charge in [-0.05, 0) is 20.5 Å². The lowest BCUT2D eigenvalue weighted by atomic mass is 10.2. The number of rotatable bonds is 7. The number of aliphatic carboxylic acids is 1. The minimum atomic E-state index is -1.04. The van der Waals surface area contributed by atoms with Crippen molar-refractivity contribution in [3.05, 3.63) is 0 Å². The van der Waals surface area contributed by atoms with Crippen molar-refractivity contribution in [3.63, 3.8) is 0 Å².